The van der Waals surface area contributed by atoms with Crippen LogP contribution in [0, 0.1) is 6.92 Å². The fraction of sp³-hybridized carbons (Fsp3) is 0.125. The van der Waals surface area contributed by atoms with Crippen molar-refractivity contribution in [2.24, 2.45) is 0 Å². The van der Waals surface area contributed by atoms with Gasteiger partial charge in [0.25, 0.3) is 0 Å². The lowest BCUT2D eigenvalue weighted by Crippen LogP contribution is -1.91. The summed E-state index contributed by atoms with van der Waals surface area (Å²) in [6.07, 6.45) is 0. The number of nitrogens with one attached hydrogen (secondary N) is 1. The van der Waals surface area contributed by atoms with Crippen LogP contribution >= 0.6 is 46.3 Å². The van der Waals surface area contributed by atoms with Crippen molar-refractivity contribution in [3.8, 4) is 0 Å². The topological polar surface area (TPSA) is 37.8 Å². The molecule has 3 aromatic rings. The molecule has 0 atom stereocenters. The van der Waals surface area contributed by atoms with Crippen LogP contribution in [0.2, 0.25) is 10.0 Å². The Bertz CT molecular complexity index is 821. The summed E-state index contributed by atoms with van der Waals surface area (Å²) in [5.74, 6) is 0.731. The second kappa shape index (κ2) is 7.53. The maximum Gasteiger partial charge on any atom is 0.210 e. The fourth-order valence-electron chi connectivity index (χ4n) is 1.93. The number of para-hydroxylation sites is 1. The molecule has 0 radical (unpaired) electrons. The van der Waals surface area contributed by atoms with Gasteiger partial charge in [0, 0.05) is 21.5 Å². The summed E-state index contributed by atoms with van der Waals surface area (Å²) in [6, 6.07) is 13.6. The van der Waals surface area contributed by atoms with E-state index < -0.39 is 0 Å². The van der Waals surface area contributed by atoms with Gasteiger partial charge in [0.2, 0.25) is 5.13 Å². The Balaban J connectivity index is 1.64. The summed E-state index contributed by atoms with van der Waals surface area (Å²) in [5, 5.41) is 13.8. The van der Waals surface area contributed by atoms with Gasteiger partial charge >= 0.3 is 0 Å². The molecule has 0 amide bonds. The first-order chi connectivity index (χ1) is 11.1. The Morgan fingerprint density at radius 2 is 1.96 bits per heavy atom. The number of halogens is 2. The van der Waals surface area contributed by atoms with Gasteiger partial charge in [-0.3, -0.25) is 0 Å². The van der Waals surface area contributed by atoms with E-state index in [4.69, 9.17) is 23.2 Å². The van der Waals surface area contributed by atoms with Crippen molar-refractivity contribution in [2.75, 3.05) is 5.32 Å². The third-order valence-corrected chi connectivity index (χ3v) is 5.77. The van der Waals surface area contributed by atoms with Gasteiger partial charge in [-0.15, -0.1) is 10.2 Å². The second-order valence-corrected chi connectivity index (χ2v) is 7.88. The molecule has 7 heteroatoms. The summed E-state index contributed by atoms with van der Waals surface area (Å²) in [7, 11) is 0. The van der Waals surface area contributed by atoms with Crippen LogP contribution in [0.25, 0.3) is 0 Å². The summed E-state index contributed by atoms with van der Waals surface area (Å²) in [4.78, 5) is 0. The number of anilines is 2. The minimum atomic E-state index is 0.643. The van der Waals surface area contributed by atoms with Crippen LogP contribution in [0.15, 0.2) is 46.8 Å². The average molecular weight is 382 g/mol. The van der Waals surface area contributed by atoms with Gasteiger partial charge in [-0.2, -0.15) is 0 Å². The number of hydrogen-bond acceptors (Lipinski definition) is 5. The number of benzene rings is 2. The molecule has 3 rings (SSSR count). The normalized spacial score (nSPS) is 10.7. The lowest BCUT2D eigenvalue weighted by atomic mass is 10.2. The maximum absolute atomic E-state index is 6.18. The molecule has 2 aromatic carbocycles. The summed E-state index contributed by atoms with van der Waals surface area (Å²) >= 11 is 15.2. The molecule has 0 aliphatic heterocycles. The van der Waals surface area contributed by atoms with Gasteiger partial charge in [0.15, 0.2) is 4.34 Å². The maximum atomic E-state index is 6.18. The van der Waals surface area contributed by atoms with Crippen LogP contribution in [0.1, 0.15) is 11.1 Å². The molecule has 23 heavy (non-hydrogen) atoms. The monoisotopic (exact) mass is 381 g/mol. The van der Waals surface area contributed by atoms with E-state index in [1.165, 1.54) is 16.9 Å². The van der Waals surface area contributed by atoms with Crippen LogP contribution in [0.4, 0.5) is 10.8 Å². The number of thioether (sulfide) groups is 1. The van der Waals surface area contributed by atoms with Crippen molar-refractivity contribution in [1.29, 1.82) is 0 Å². The Hall–Kier alpha value is -1.27. The smallest absolute Gasteiger partial charge is 0.210 e. The van der Waals surface area contributed by atoms with Gasteiger partial charge in [-0.05, 0) is 36.2 Å². The predicted octanol–water partition coefficient (Wildman–Crippen LogP) is 6.19. The van der Waals surface area contributed by atoms with Crippen LogP contribution in [-0.2, 0) is 5.75 Å². The van der Waals surface area contributed by atoms with Crippen LogP contribution in [0.3, 0.4) is 0 Å². The van der Waals surface area contributed by atoms with Gasteiger partial charge < -0.3 is 5.32 Å². The van der Waals surface area contributed by atoms with Crippen molar-refractivity contribution in [3.05, 3.63) is 63.6 Å². The van der Waals surface area contributed by atoms with E-state index in [2.05, 4.69) is 28.5 Å². The zero-order valence-corrected chi connectivity index (χ0v) is 15.4. The Labute approximate surface area is 153 Å². The zero-order chi connectivity index (χ0) is 16.2. The lowest BCUT2D eigenvalue weighted by Gasteiger charge is -2.04. The zero-order valence-electron chi connectivity index (χ0n) is 12.2. The minimum Gasteiger partial charge on any atom is -0.330 e. The number of aromatic nitrogens is 2. The van der Waals surface area contributed by atoms with Crippen molar-refractivity contribution < 1.29 is 0 Å². The van der Waals surface area contributed by atoms with E-state index in [0.29, 0.717) is 10.0 Å². The minimum absolute atomic E-state index is 0.643. The number of nitrogens with zero attached hydrogens (tertiary/aromatic N) is 2. The molecular formula is C16H13Cl2N3S2. The molecule has 0 bridgehead atoms. The van der Waals surface area contributed by atoms with E-state index in [-0.39, 0.29) is 0 Å². The summed E-state index contributed by atoms with van der Waals surface area (Å²) < 4.78 is 0.895. The molecule has 0 saturated heterocycles. The molecule has 118 valence electrons. The SMILES string of the molecule is Cc1ccccc1Nc1nnc(SCc2ccc(Cl)cc2Cl)s1. The number of hydrogen-bond donors (Lipinski definition) is 1. The summed E-state index contributed by atoms with van der Waals surface area (Å²) in [6.45, 7) is 2.06. The highest BCUT2D eigenvalue weighted by molar-refractivity contribution is 8.00. The highest BCUT2D eigenvalue weighted by Crippen LogP contribution is 2.32. The van der Waals surface area contributed by atoms with E-state index in [0.717, 1.165) is 26.5 Å². The molecule has 1 aromatic heterocycles. The predicted molar refractivity (Wildman–Crippen MR) is 100 cm³/mol. The third-order valence-electron chi connectivity index (χ3n) is 3.16. The first kappa shape index (κ1) is 16.6. The van der Waals surface area contributed by atoms with Crippen LogP contribution < -0.4 is 5.32 Å². The molecular weight excluding hydrogens is 369 g/mol. The number of rotatable bonds is 5. The molecule has 1 heterocycles. The van der Waals surface area contributed by atoms with Gasteiger partial charge in [-0.25, -0.2) is 0 Å². The first-order valence-corrected chi connectivity index (χ1v) is 9.40. The third kappa shape index (κ3) is 4.38. The van der Waals surface area contributed by atoms with Crippen LogP contribution in [-0.4, -0.2) is 10.2 Å². The van der Waals surface area contributed by atoms with Crippen LogP contribution in [0.5, 0.6) is 0 Å². The molecule has 0 saturated carbocycles. The standard InChI is InChI=1S/C16H13Cl2N3S2/c1-10-4-2-3-5-14(10)19-15-20-21-16(23-15)22-9-11-6-7-12(17)8-13(11)18/h2-8H,9H2,1H3,(H,19,20). The average Bonchev–Trinajstić information content (AvgIpc) is 2.96. The van der Waals surface area contributed by atoms with Crippen molar-refractivity contribution in [1.82, 2.24) is 10.2 Å². The van der Waals surface area contributed by atoms with E-state index in [1.807, 2.05) is 30.3 Å². The molecule has 1 N–H and O–H groups in total. The molecule has 0 fully saturated rings. The Morgan fingerprint density at radius 1 is 1.13 bits per heavy atom. The van der Waals surface area contributed by atoms with Gasteiger partial charge in [-0.1, -0.05) is 70.6 Å². The van der Waals surface area contributed by atoms with E-state index in [9.17, 15) is 0 Å². The molecule has 0 spiro atoms. The first-order valence-electron chi connectivity index (χ1n) is 6.85. The lowest BCUT2D eigenvalue weighted by molar-refractivity contribution is 1.01. The fourth-order valence-corrected chi connectivity index (χ4v) is 4.25. The molecule has 0 aliphatic rings. The van der Waals surface area contributed by atoms with Gasteiger partial charge in [0.05, 0.1) is 0 Å². The van der Waals surface area contributed by atoms with Gasteiger partial charge in [0.1, 0.15) is 0 Å². The molecule has 0 unspecified atom stereocenters. The second-order valence-electron chi connectivity index (χ2n) is 4.84. The Kier molecular flexibility index (Phi) is 5.43. The molecule has 0 aliphatic carbocycles. The largest absolute Gasteiger partial charge is 0.330 e. The summed E-state index contributed by atoms with van der Waals surface area (Å²) in [5.41, 5.74) is 3.25. The Morgan fingerprint density at radius 3 is 2.74 bits per heavy atom. The highest BCUT2D eigenvalue weighted by atomic mass is 35.5. The van der Waals surface area contributed by atoms with E-state index in [1.54, 1.807) is 17.8 Å². The highest BCUT2D eigenvalue weighted by Gasteiger charge is 2.08. The quantitative estimate of drug-likeness (QED) is 0.534. The van der Waals surface area contributed by atoms with Crippen molar-refractivity contribution >= 4 is 57.1 Å². The van der Waals surface area contributed by atoms with Crippen molar-refractivity contribution in [2.45, 2.75) is 17.0 Å². The number of aryl methyl sites for hydroxylation is 1. The van der Waals surface area contributed by atoms with Crippen molar-refractivity contribution in [3.63, 3.8) is 0 Å². The molecule has 3 nitrogen and oxygen atoms in total. The van der Waals surface area contributed by atoms with E-state index >= 15 is 0 Å².